The number of aryl methyl sites for hydroxylation is 1. The van der Waals surface area contributed by atoms with E-state index >= 15 is 0 Å². The highest BCUT2D eigenvalue weighted by molar-refractivity contribution is 7.92. The summed E-state index contributed by atoms with van der Waals surface area (Å²) in [6, 6.07) is 7.40. The first-order chi connectivity index (χ1) is 26.1. The number of hydrogen-bond acceptors (Lipinski definition) is 7. The van der Waals surface area contributed by atoms with Crippen molar-refractivity contribution in [3.8, 4) is 0 Å². The van der Waals surface area contributed by atoms with E-state index in [1.54, 1.807) is 25.3 Å². The number of allylic oxidation sites excluding steroid dienone is 2. The summed E-state index contributed by atoms with van der Waals surface area (Å²) in [6.45, 7) is 2.33. The molecular formula is C41H56FN5O6S. The zero-order valence-corrected chi connectivity index (χ0v) is 32.4. The number of carboxylic acids is 1. The first-order valence-electron chi connectivity index (χ1n) is 19.6. The van der Waals surface area contributed by atoms with Crippen molar-refractivity contribution < 1.29 is 32.3 Å². The van der Waals surface area contributed by atoms with E-state index in [0.29, 0.717) is 47.8 Å². The highest BCUT2D eigenvalue weighted by Gasteiger charge is 2.31. The molecule has 0 unspecified atom stereocenters. The van der Waals surface area contributed by atoms with E-state index in [1.807, 2.05) is 0 Å². The predicted octanol–water partition coefficient (Wildman–Crippen LogP) is 8.02. The molecule has 3 aromatic rings. The van der Waals surface area contributed by atoms with Gasteiger partial charge in [-0.15, -0.1) is 0 Å². The van der Waals surface area contributed by atoms with Crippen LogP contribution < -0.4 is 14.9 Å². The molecule has 0 bridgehead atoms. The number of benzene rings is 1. The van der Waals surface area contributed by atoms with Gasteiger partial charge in [0.2, 0.25) is 10.0 Å². The highest BCUT2D eigenvalue weighted by atomic mass is 32.2. The van der Waals surface area contributed by atoms with E-state index < -0.39 is 33.6 Å². The lowest BCUT2D eigenvalue weighted by molar-refractivity contribution is -0.137. The van der Waals surface area contributed by atoms with E-state index in [9.17, 15) is 27.2 Å². The Bertz CT molecular complexity index is 1850. The quantitative estimate of drug-likeness (QED) is 0.0647. The molecule has 0 spiro atoms. The minimum Gasteiger partial charge on any atom is -0.481 e. The molecule has 0 atom stereocenters. The molecular weight excluding hydrogens is 710 g/mol. The van der Waals surface area contributed by atoms with Gasteiger partial charge in [0.1, 0.15) is 11.5 Å². The van der Waals surface area contributed by atoms with Gasteiger partial charge in [0.15, 0.2) is 5.82 Å². The Morgan fingerprint density at radius 2 is 1.57 bits per heavy atom. The van der Waals surface area contributed by atoms with E-state index in [-0.39, 0.29) is 42.3 Å². The van der Waals surface area contributed by atoms with E-state index in [4.69, 9.17) is 10.1 Å². The normalized spacial score (nSPS) is 14.1. The first-order valence-corrected chi connectivity index (χ1v) is 21.2. The molecule has 1 fully saturated rings. The number of carbonyl (C=O) groups is 3. The molecule has 294 valence electrons. The van der Waals surface area contributed by atoms with Gasteiger partial charge >= 0.3 is 5.97 Å². The monoisotopic (exact) mass is 765 g/mol. The summed E-state index contributed by atoms with van der Waals surface area (Å²) >= 11 is 0. The zero-order chi connectivity index (χ0) is 38.8. The lowest BCUT2D eigenvalue weighted by atomic mass is 9.99. The average Bonchev–Trinajstić information content (AvgIpc) is 3.15. The number of amides is 2. The number of pyridine rings is 2. The molecule has 1 aromatic carbocycles. The fraction of sp³-hybridized carbons (Fsp3) is 0.537. The lowest BCUT2D eigenvalue weighted by Gasteiger charge is -2.29. The maximum absolute atomic E-state index is 14.1. The molecule has 0 aliphatic carbocycles. The van der Waals surface area contributed by atoms with Crippen LogP contribution in [0.1, 0.15) is 142 Å². The van der Waals surface area contributed by atoms with Gasteiger partial charge in [0, 0.05) is 48.8 Å². The molecule has 1 aliphatic heterocycles. The fourth-order valence-electron chi connectivity index (χ4n) is 6.82. The molecule has 2 amide bonds. The highest BCUT2D eigenvalue weighted by Crippen LogP contribution is 2.33. The van der Waals surface area contributed by atoms with Crippen LogP contribution in [0.2, 0.25) is 0 Å². The summed E-state index contributed by atoms with van der Waals surface area (Å²) in [6.07, 6.45) is 21.6. The van der Waals surface area contributed by atoms with Crippen LogP contribution in [0.4, 0.5) is 10.2 Å². The number of hydrogen-bond donors (Lipinski definition) is 3. The molecule has 3 N–H and O–H groups in total. The van der Waals surface area contributed by atoms with Crippen LogP contribution in [0.3, 0.4) is 0 Å². The van der Waals surface area contributed by atoms with Crippen molar-refractivity contribution in [2.24, 2.45) is 0 Å². The summed E-state index contributed by atoms with van der Waals surface area (Å²) in [4.78, 5) is 46.6. The summed E-state index contributed by atoms with van der Waals surface area (Å²) in [7, 11) is -3.64. The molecule has 0 radical (unpaired) electrons. The number of sulfonamides is 1. The van der Waals surface area contributed by atoms with E-state index in [0.717, 1.165) is 89.5 Å². The Hall–Kier alpha value is -4.39. The van der Waals surface area contributed by atoms with E-state index in [2.05, 4.69) is 27.8 Å². The first kappa shape index (κ1) is 42.4. The van der Waals surface area contributed by atoms with Gasteiger partial charge in [-0.25, -0.2) is 17.8 Å². The number of unbranched alkanes of at least 4 members (excludes halogenated alkanes) is 11. The van der Waals surface area contributed by atoms with Crippen LogP contribution in [0.25, 0.3) is 10.9 Å². The smallest absolute Gasteiger partial charge is 0.303 e. The third-order valence-corrected chi connectivity index (χ3v) is 11.5. The van der Waals surface area contributed by atoms with Gasteiger partial charge in [-0.2, -0.15) is 0 Å². The van der Waals surface area contributed by atoms with Crippen molar-refractivity contribution in [1.82, 2.24) is 20.6 Å². The molecule has 11 nitrogen and oxygen atoms in total. The molecule has 0 saturated carbocycles. The van der Waals surface area contributed by atoms with Crippen molar-refractivity contribution in [2.75, 3.05) is 23.1 Å². The molecule has 13 heteroatoms. The SMILES string of the molecule is CCNC(=O)c1cc(F)ccc1CNC(=O)c1nc(N2CCCCS2(=O)=O)c2cccnc2c1CCCCCCCC/C=C\CCCCCCCC(=O)O. The minimum atomic E-state index is -3.64. The Kier molecular flexibility index (Phi) is 17.3. The Labute approximate surface area is 319 Å². The number of aromatic nitrogens is 2. The van der Waals surface area contributed by atoms with Gasteiger partial charge in [-0.1, -0.05) is 63.2 Å². The van der Waals surface area contributed by atoms with Crippen molar-refractivity contribution in [2.45, 2.75) is 123 Å². The molecule has 1 aliphatic rings. The van der Waals surface area contributed by atoms with Crippen molar-refractivity contribution >= 4 is 44.5 Å². The fourth-order valence-corrected chi connectivity index (χ4v) is 8.42. The van der Waals surface area contributed by atoms with Crippen molar-refractivity contribution in [1.29, 1.82) is 0 Å². The van der Waals surface area contributed by atoms with Gasteiger partial charge in [0.25, 0.3) is 11.8 Å². The Morgan fingerprint density at radius 3 is 2.26 bits per heavy atom. The topological polar surface area (TPSA) is 159 Å². The maximum Gasteiger partial charge on any atom is 0.303 e. The molecule has 2 aromatic heterocycles. The predicted molar refractivity (Wildman–Crippen MR) is 211 cm³/mol. The number of halogens is 1. The number of aliphatic carboxylic acids is 1. The van der Waals surface area contributed by atoms with Crippen LogP contribution in [-0.4, -0.2) is 60.1 Å². The van der Waals surface area contributed by atoms with Crippen LogP contribution in [0, 0.1) is 5.82 Å². The largest absolute Gasteiger partial charge is 0.481 e. The summed E-state index contributed by atoms with van der Waals surface area (Å²) < 4.78 is 41.8. The third kappa shape index (κ3) is 12.9. The standard InChI is InChI=1S/C41H56FN5O6S/c1-2-43-40(50)35-29-32(42)25-24-31(35)30-45-41(51)38-33(37-34(22-20-26-44-37)39(46-38)47-27-18-19-28-54(47,52)53)21-16-14-12-10-8-6-4-3-5-7-9-11-13-15-17-23-36(48)49/h3,5,20,22,24-26,29H,2,4,6-19,21,23,27-28,30H2,1H3,(H,43,50)(H,45,51)(H,48,49)/b5-3-. The molecule has 3 heterocycles. The van der Waals surface area contributed by atoms with E-state index in [1.165, 1.54) is 16.4 Å². The van der Waals surface area contributed by atoms with Crippen LogP contribution in [-0.2, 0) is 27.8 Å². The van der Waals surface area contributed by atoms with Crippen molar-refractivity contribution in [3.05, 3.63) is 76.9 Å². The summed E-state index contributed by atoms with van der Waals surface area (Å²) in [5, 5.41) is 14.8. The molecule has 4 rings (SSSR count). The van der Waals surface area contributed by atoms with Crippen LogP contribution >= 0.6 is 0 Å². The summed E-state index contributed by atoms with van der Waals surface area (Å²) in [5.74, 6) is -2.06. The summed E-state index contributed by atoms with van der Waals surface area (Å²) in [5.41, 5.74) is 1.86. The number of carboxylic acid groups (broad SMARTS) is 1. The number of rotatable bonds is 23. The number of nitrogens with zero attached hydrogens (tertiary/aromatic N) is 3. The zero-order valence-electron chi connectivity index (χ0n) is 31.6. The Balaban J connectivity index is 1.38. The van der Waals surface area contributed by atoms with Gasteiger partial charge in [-0.3, -0.25) is 23.7 Å². The number of anilines is 1. The second-order valence-electron chi connectivity index (χ2n) is 13.9. The molecule has 54 heavy (non-hydrogen) atoms. The van der Waals surface area contributed by atoms with Gasteiger partial charge in [-0.05, 0) is 94.5 Å². The van der Waals surface area contributed by atoms with Gasteiger partial charge in [0.05, 0.1) is 11.3 Å². The maximum atomic E-state index is 14.1. The lowest BCUT2D eigenvalue weighted by Crippen LogP contribution is -2.39. The Morgan fingerprint density at radius 1 is 0.889 bits per heavy atom. The number of fused-ring (bicyclic) bond motifs is 1. The average molecular weight is 766 g/mol. The second kappa shape index (κ2) is 22.1. The number of carbonyl (C=O) groups excluding carboxylic acids is 2. The van der Waals surface area contributed by atoms with Gasteiger partial charge < -0.3 is 15.7 Å². The minimum absolute atomic E-state index is 0.00198. The second-order valence-corrected chi connectivity index (χ2v) is 15.9. The van der Waals surface area contributed by atoms with Crippen LogP contribution in [0.15, 0.2) is 48.7 Å². The third-order valence-electron chi connectivity index (χ3n) is 9.71. The van der Waals surface area contributed by atoms with Crippen LogP contribution in [0.5, 0.6) is 0 Å². The molecule has 1 saturated heterocycles. The number of nitrogens with one attached hydrogen (secondary N) is 2. The van der Waals surface area contributed by atoms with Crippen molar-refractivity contribution in [3.63, 3.8) is 0 Å².